The molecule has 0 radical (unpaired) electrons. The van der Waals surface area contributed by atoms with Crippen LogP contribution in [-0.4, -0.2) is 15.0 Å². The molecular formula is C11H7ClF3N3O. The largest absolute Gasteiger partial charge is 0.417 e. The zero-order valence-corrected chi connectivity index (χ0v) is 10.1. The van der Waals surface area contributed by atoms with E-state index in [1.807, 2.05) is 0 Å². The first-order chi connectivity index (χ1) is 8.90. The summed E-state index contributed by atoms with van der Waals surface area (Å²) in [4.78, 5) is 21.3. The summed E-state index contributed by atoms with van der Waals surface area (Å²) in [6.45, 7) is 0. The number of halogens is 4. The lowest BCUT2D eigenvalue weighted by Crippen LogP contribution is -2.11. The molecule has 0 spiro atoms. The highest BCUT2D eigenvalue weighted by atomic mass is 35.5. The summed E-state index contributed by atoms with van der Waals surface area (Å²) in [7, 11) is 0. The van der Waals surface area contributed by atoms with Crippen molar-refractivity contribution in [1.29, 1.82) is 0 Å². The molecule has 0 aliphatic carbocycles. The standard InChI is InChI=1S/C11H7ClF3N3O/c12-4-7-3-9(19)18-10(17-7)8-2-1-6(5-16-8)11(13,14)15/h1-3,5H,4H2,(H,17,18,19). The van der Waals surface area contributed by atoms with Crippen LogP contribution in [0.2, 0.25) is 0 Å². The van der Waals surface area contributed by atoms with Gasteiger partial charge in [0.25, 0.3) is 5.56 Å². The summed E-state index contributed by atoms with van der Waals surface area (Å²) in [6.07, 6.45) is -3.77. The van der Waals surface area contributed by atoms with E-state index in [9.17, 15) is 18.0 Å². The van der Waals surface area contributed by atoms with Gasteiger partial charge in [0, 0.05) is 12.3 Å². The topological polar surface area (TPSA) is 58.6 Å². The fourth-order valence-electron chi connectivity index (χ4n) is 1.40. The van der Waals surface area contributed by atoms with Gasteiger partial charge in [0.1, 0.15) is 5.69 Å². The van der Waals surface area contributed by atoms with Crippen molar-refractivity contribution in [2.75, 3.05) is 0 Å². The predicted molar refractivity (Wildman–Crippen MR) is 62.6 cm³/mol. The van der Waals surface area contributed by atoms with Crippen LogP contribution in [0.5, 0.6) is 0 Å². The van der Waals surface area contributed by atoms with Crippen molar-refractivity contribution < 1.29 is 13.2 Å². The van der Waals surface area contributed by atoms with Gasteiger partial charge < -0.3 is 4.98 Å². The van der Waals surface area contributed by atoms with Crippen LogP contribution in [0, 0.1) is 0 Å². The lowest BCUT2D eigenvalue weighted by atomic mass is 10.2. The number of hydrogen-bond donors (Lipinski definition) is 1. The van der Waals surface area contributed by atoms with Crippen LogP contribution < -0.4 is 5.56 Å². The molecule has 0 fully saturated rings. The van der Waals surface area contributed by atoms with Gasteiger partial charge in [-0.25, -0.2) is 4.98 Å². The lowest BCUT2D eigenvalue weighted by Gasteiger charge is -2.06. The van der Waals surface area contributed by atoms with E-state index >= 15 is 0 Å². The smallest absolute Gasteiger partial charge is 0.305 e. The monoisotopic (exact) mass is 289 g/mol. The highest BCUT2D eigenvalue weighted by Crippen LogP contribution is 2.29. The molecule has 100 valence electrons. The van der Waals surface area contributed by atoms with Gasteiger partial charge in [-0.15, -0.1) is 11.6 Å². The minimum atomic E-state index is -4.45. The zero-order chi connectivity index (χ0) is 14.0. The summed E-state index contributed by atoms with van der Waals surface area (Å²) >= 11 is 5.56. The fraction of sp³-hybridized carbons (Fsp3) is 0.182. The predicted octanol–water partition coefficient (Wildman–Crippen LogP) is 2.59. The number of rotatable bonds is 2. The van der Waals surface area contributed by atoms with Crippen LogP contribution in [0.3, 0.4) is 0 Å². The van der Waals surface area contributed by atoms with E-state index in [1.165, 1.54) is 6.07 Å². The molecule has 0 atom stereocenters. The van der Waals surface area contributed by atoms with Gasteiger partial charge in [-0.05, 0) is 12.1 Å². The lowest BCUT2D eigenvalue weighted by molar-refractivity contribution is -0.137. The highest BCUT2D eigenvalue weighted by molar-refractivity contribution is 6.16. The quantitative estimate of drug-likeness (QED) is 0.865. The van der Waals surface area contributed by atoms with Crippen LogP contribution >= 0.6 is 11.6 Å². The molecule has 8 heteroatoms. The molecule has 2 aromatic heterocycles. The van der Waals surface area contributed by atoms with E-state index in [2.05, 4.69) is 15.0 Å². The molecule has 0 unspecified atom stereocenters. The Morgan fingerprint density at radius 1 is 1.32 bits per heavy atom. The van der Waals surface area contributed by atoms with Crippen molar-refractivity contribution in [1.82, 2.24) is 15.0 Å². The summed E-state index contributed by atoms with van der Waals surface area (Å²) < 4.78 is 37.1. The number of aromatic amines is 1. The maximum Gasteiger partial charge on any atom is 0.417 e. The molecule has 19 heavy (non-hydrogen) atoms. The minimum Gasteiger partial charge on any atom is -0.305 e. The number of aromatic nitrogens is 3. The Labute approximate surface area is 110 Å². The van der Waals surface area contributed by atoms with E-state index in [1.54, 1.807) is 0 Å². The van der Waals surface area contributed by atoms with Gasteiger partial charge >= 0.3 is 6.18 Å². The summed E-state index contributed by atoms with van der Waals surface area (Å²) in [5.41, 5.74) is -0.853. The third-order valence-corrected chi connectivity index (χ3v) is 2.54. The third-order valence-electron chi connectivity index (χ3n) is 2.27. The maximum atomic E-state index is 12.4. The second-order valence-corrected chi connectivity index (χ2v) is 3.92. The number of alkyl halides is 4. The molecule has 0 aliphatic rings. The second-order valence-electron chi connectivity index (χ2n) is 3.65. The van der Waals surface area contributed by atoms with Crippen LogP contribution in [0.4, 0.5) is 13.2 Å². The molecule has 0 bridgehead atoms. The Balaban J connectivity index is 2.43. The van der Waals surface area contributed by atoms with Crippen molar-refractivity contribution in [2.45, 2.75) is 12.1 Å². The molecule has 0 aromatic carbocycles. The number of pyridine rings is 1. The zero-order valence-electron chi connectivity index (χ0n) is 9.33. The molecule has 2 aromatic rings. The molecule has 2 rings (SSSR count). The third kappa shape index (κ3) is 3.11. The SMILES string of the molecule is O=c1cc(CCl)nc(-c2ccc(C(F)(F)F)cn2)[nH]1. The molecule has 0 saturated heterocycles. The Bertz CT molecular complexity index is 637. The van der Waals surface area contributed by atoms with Gasteiger partial charge in [-0.2, -0.15) is 13.2 Å². The Morgan fingerprint density at radius 3 is 2.58 bits per heavy atom. The molecule has 2 heterocycles. The van der Waals surface area contributed by atoms with Gasteiger partial charge in [-0.3, -0.25) is 9.78 Å². The number of H-pyrrole nitrogens is 1. The number of nitrogens with one attached hydrogen (secondary N) is 1. The molecule has 0 aliphatic heterocycles. The van der Waals surface area contributed by atoms with E-state index in [-0.39, 0.29) is 17.4 Å². The Hall–Kier alpha value is -1.89. The van der Waals surface area contributed by atoms with E-state index < -0.39 is 17.3 Å². The van der Waals surface area contributed by atoms with Gasteiger partial charge in [-0.1, -0.05) is 0 Å². The van der Waals surface area contributed by atoms with Crippen molar-refractivity contribution in [2.24, 2.45) is 0 Å². The summed E-state index contributed by atoms with van der Waals surface area (Å²) in [6, 6.07) is 3.22. The van der Waals surface area contributed by atoms with Crippen molar-refractivity contribution in [3.05, 3.63) is 46.0 Å². The molecule has 0 saturated carbocycles. The Morgan fingerprint density at radius 2 is 2.05 bits per heavy atom. The second kappa shape index (κ2) is 5.00. The van der Waals surface area contributed by atoms with Crippen LogP contribution in [-0.2, 0) is 12.1 Å². The number of hydrogen-bond acceptors (Lipinski definition) is 3. The normalized spacial score (nSPS) is 11.6. The average Bonchev–Trinajstić information content (AvgIpc) is 2.37. The van der Waals surface area contributed by atoms with Crippen LogP contribution in [0.1, 0.15) is 11.3 Å². The maximum absolute atomic E-state index is 12.4. The van der Waals surface area contributed by atoms with E-state index in [0.717, 1.165) is 12.1 Å². The average molecular weight is 290 g/mol. The van der Waals surface area contributed by atoms with Crippen molar-refractivity contribution >= 4 is 11.6 Å². The first kappa shape index (κ1) is 13.5. The molecular weight excluding hydrogens is 283 g/mol. The molecule has 0 amide bonds. The summed E-state index contributed by atoms with van der Waals surface area (Å²) in [5, 5.41) is 0. The number of nitrogens with zero attached hydrogens (tertiary/aromatic N) is 2. The molecule has 1 N–H and O–H groups in total. The van der Waals surface area contributed by atoms with Crippen LogP contribution in [0.15, 0.2) is 29.2 Å². The highest BCUT2D eigenvalue weighted by Gasteiger charge is 2.30. The first-order valence-electron chi connectivity index (χ1n) is 5.10. The summed E-state index contributed by atoms with van der Waals surface area (Å²) in [5.74, 6) is 0.106. The fourth-order valence-corrected chi connectivity index (χ4v) is 1.54. The van der Waals surface area contributed by atoms with Crippen LogP contribution in [0.25, 0.3) is 11.5 Å². The van der Waals surface area contributed by atoms with Gasteiger partial charge in [0.2, 0.25) is 0 Å². The van der Waals surface area contributed by atoms with Gasteiger partial charge in [0.15, 0.2) is 5.82 Å². The Kier molecular flexibility index (Phi) is 3.57. The van der Waals surface area contributed by atoms with Crippen molar-refractivity contribution in [3.8, 4) is 11.5 Å². The van der Waals surface area contributed by atoms with Crippen molar-refractivity contribution in [3.63, 3.8) is 0 Å². The first-order valence-corrected chi connectivity index (χ1v) is 5.63. The van der Waals surface area contributed by atoms with E-state index in [0.29, 0.717) is 11.9 Å². The van der Waals surface area contributed by atoms with Gasteiger partial charge in [0.05, 0.1) is 17.1 Å². The molecule has 4 nitrogen and oxygen atoms in total. The van der Waals surface area contributed by atoms with E-state index in [4.69, 9.17) is 11.6 Å². The minimum absolute atomic E-state index is 0.0254.